The summed E-state index contributed by atoms with van der Waals surface area (Å²) in [5.41, 5.74) is -0.276. The van der Waals surface area contributed by atoms with Gasteiger partial charge in [-0.05, 0) is 49.7 Å². The highest BCUT2D eigenvalue weighted by Crippen LogP contribution is 2.40. The summed E-state index contributed by atoms with van der Waals surface area (Å²) in [7, 11) is 1.70. The first-order valence-corrected chi connectivity index (χ1v) is 10.1. The first-order chi connectivity index (χ1) is 12.2. The monoisotopic (exact) mass is 358 g/mol. The minimum atomic E-state index is -0.276. The van der Waals surface area contributed by atoms with Crippen LogP contribution in [0, 0.1) is 0 Å². The Morgan fingerprint density at radius 1 is 1.20 bits per heavy atom. The topological polar surface area (TPSA) is 32.8 Å². The molecular formula is C20H26N2O2S. The number of fused-ring (bicyclic) bond motifs is 1. The van der Waals surface area contributed by atoms with Crippen molar-refractivity contribution in [3.63, 3.8) is 0 Å². The lowest BCUT2D eigenvalue weighted by Crippen LogP contribution is -2.60. The Hall–Kier alpha value is -1.43. The van der Waals surface area contributed by atoms with E-state index in [1.165, 1.54) is 15.0 Å². The number of hydrogen-bond donors (Lipinski definition) is 0. The lowest BCUT2D eigenvalue weighted by atomic mass is 9.85. The maximum atomic E-state index is 13.3. The lowest BCUT2D eigenvalue weighted by Gasteiger charge is -2.44. The highest BCUT2D eigenvalue weighted by atomic mass is 32.1. The predicted molar refractivity (Wildman–Crippen MR) is 102 cm³/mol. The van der Waals surface area contributed by atoms with Gasteiger partial charge < -0.3 is 9.64 Å². The molecule has 1 amide bonds. The van der Waals surface area contributed by atoms with E-state index in [1.54, 1.807) is 7.11 Å². The molecule has 4 nitrogen and oxygen atoms in total. The van der Waals surface area contributed by atoms with Crippen molar-refractivity contribution in [2.45, 2.75) is 37.8 Å². The first kappa shape index (κ1) is 17.0. The van der Waals surface area contributed by atoms with Crippen molar-refractivity contribution in [1.29, 1.82) is 0 Å². The van der Waals surface area contributed by atoms with Gasteiger partial charge in [0.25, 0.3) is 0 Å². The molecule has 4 rings (SSSR count). The van der Waals surface area contributed by atoms with Gasteiger partial charge in [0.2, 0.25) is 5.91 Å². The van der Waals surface area contributed by atoms with E-state index >= 15 is 0 Å². The summed E-state index contributed by atoms with van der Waals surface area (Å²) in [5, 5.41) is 1.31. The number of benzene rings is 1. The molecule has 2 fully saturated rings. The Bertz CT molecular complexity index is 726. The van der Waals surface area contributed by atoms with E-state index < -0.39 is 0 Å². The van der Waals surface area contributed by atoms with Crippen LogP contribution < -0.4 is 0 Å². The summed E-state index contributed by atoms with van der Waals surface area (Å²) in [4.78, 5) is 19.1. The molecule has 1 spiro atoms. The van der Waals surface area contributed by atoms with Gasteiger partial charge in [0, 0.05) is 36.3 Å². The van der Waals surface area contributed by atoms with E-state index in [0.29, 0.717) is 19.1 Å². The molecule has 2 saturated heterocycles. The van der Waals surface area contributed by atoms with Gasteiger partial charge in [-0.15, -0.1) is 11.3 Å². The number of hydrogen-bond acceptors (Lipinski definition) is 4. The molecule has 0 bridgehead atoms. The van der Waals surface area contributed by atoms with E-state index in [1.807, 2.05) is 16.2 Å². The van der Waals surface area contributed by atoms with Crippen LogP contribution in [0.25, 0.3) is 10.1 Å². The number of methoxy groups -OCH3 is 1. The summed E-state index contributed by atoms with van der Waals surface area (Å²) in [6, 6.07) is 10.8. The van der Waals surface area contributed by atoms with Crippen molar-refractivity contribution in [2.24, 2.45) is 0 Å². The molecule has 2 aromatic rings. The second-order valence-corrected chi connectivity index (χ2v) is 8.36. The molecule has 0 radical (unpaired) electrons. The first-order valence-electron chi connectivity index (χ1n) is 9.24. The summed E-state index contributed by atoms with van der Waals surface area (Å²) in [5.74, 6) is 0.328. The zero-order valence-corrected chi connectivity index (χ0v) is 15.7. The number of rotatable bonds is 5. The fourth-order valence-corrected chi connectivity index (χ4v) is 5.55. The van der Waals surface area contributed by atoms with Gasteiger partial charge in [0.05, 0.1) is 6.61 Å². The molecule has 5 heteroatoms. The minimum absolute atomic E-state index is 0.276. The molecule has 0 saturated carbocycles. The van der Waals surface area contributed by atoms with Crippen LogP contribution in [0.15, 0.2) is 30.3 Å². The number of thiophene rings is 1. The molecule has 3 heterocycles. The van der Waals surface area contributed by atoms with Crippen LogP contribution >= 0.6 is 11.3 Å². The zero-order chi connectivity index (χ0) is 17.3. The quantitative estimate of drug-likeness (QED) is 0.820. The van der Waals surface area contributed by atoms with Crippen LogP contribution in [0.5, 0.6) is 0 Å². The van der Waals surface area contributed by atoms with Gasteiger partial charge in [-0.2, -0.15) is 0 Å². The van der Waals surface area contributed by atoms with E-state index in [9.17, 15) is 4.79 Å². The van der Waals surface area contributed by atoms with Crippen LogP contribution in [0.2, 0.25) is 0 Å². The lowest BCUT2D eigenvalue weighted by molar-refractivity contribution is -0.148. The zero-order valence-electron chi connectivity index (χ0n) is 14.9. The van der Waals surface area contributed by atoms with E-state index in [0.717, 1.165) is 45.3 Å². The molecular weight excluding hydrogens is 332 g/mol. The Morgan fingerprint density at radius 2 is 2.00 bits per heavy atom. The number of amides is 1. The summed E-state index contributed by atoms with van der Waals surface area (Å²) >= 11 is 1.86. The average molecular weight is 359 g/mol. The van der Waals surface area contributed by atoms with E-state index in [-0.39, 0.29) is 5.54 Å². The van der Waals surface area contributed by atoms with Crippen molar-refractivity contribution in [1.82, 2.24) is 9.80 Å². The molecule has 1 atom stereocenters. The number of carbonyl (C=O) groups is 1. The molecule has 0 aliphatic carbocycles. The second-order valence-electron chi connectivity index (χ2n) is 7.20. The maximum absolute atomic E-state index is 13.3. The van der Waals surface area contributed by atoms with Gasteiger partial charge >= 0.3 is 0 Å². The summed E-state index contributed by atoms with van der Waals surface area (Å²) in [6.45, 7) is 4.13. The number of likely N-dealkylation sites (tertiary alicyclic amines) is 2. The van der Waals surface area contributed by atoms with Gasteiger partial charge in [-0.1, -0.05) is 18.2 Å². The van der Waals surface area contributed by atoms with Crippen molar-refractivity contribution in [3.05, 3.63) is 35.2 Å². The fourth-order valence-electron chi connectivity index (χ4n) is 4.47. The number of carbonyl (C=O) groups excluding carboxylic acids is 1. The van der Waals surface area contributed by atoms with Gasteiger partial charge in [0.1, 0.15) is 5.54 Å². The summed E-state index contributed by atoms with van der Waals surface area (Å²) < 4.78 is 6.53. The third-order valence-corrected chi connectivity index (χ3v) is 6.82. The third kappa shape index (κ3) is 3.09. The molecule has 1 unspecified atom stereocenters. The molecule has 0 N–H and O–H groups in total. The van der Waals surface area contributed by atoms with Gasteiger partial charge in [-0.3, -0.25) is 9.69 Å². The number of ether oxygens (including phenoxy) is 1. The normalized spacial score (nSPS) is 24.7. The Morgan fingerprint density at radius 3 is 2.80 bits per heavy atom. The Kier molecular flexibility index (Phi) is 4.80. The van der Waals surface area contributed by atoms with Gasteiger partial charge in [-0.25, -0.2) is 0 Å². The highest BCUT2D eigenvalue weighted by Gasteiger charge is 2.50. The van der Waals surface area contributed by atoms with Gasteiger partial charge in [0.15, 0.2) is 0 Å². The summed E-state index contributed by atoms with van der Waals surface area (Å²) in [6.07, 6.45) is 4.22. The van der Waals surface area contributed by atoms with Crippen molar-refractivity contribution >= 4 is 27.3 Å². The Labute approximate surface area is 153 Å². The maximum Gasteiger partial charge on any atom is 0.243 e. The molecule has 2 aliphatic rings. The van der Waals surface area contributed by atoms with Crippen LogP contribution in [0.1, 0.15) is 30.6 Å². The Balaban J connectivity index is 1.55. The largest absolute Gasteiger partial charge is 0.383 e. The highest BCUT2D eigenvalue weighted by molar-refractivity contribution is 7.19. The van der Waals surface area contributed by atoms with Crippen LogP contribution in [-0.4, -0.2) is 54.6 Å². The molecule has 1 aromatic heterocycles. The fraction of sp³-hybridized carbons (Fsp3) is 0.550. The smallest absolute Gasteiger partial charge is 0.243 e. The minimum Gasteiger partial charge on any atom is -0.383 e. The van der Waals surface area contributed by atoms with Crippen LogP contribution in [0.4, 0.5) is 0 Å². The van der Waals surface area contributed by atoms with Crippen molar-refractivity contribution in [3.8, 4) is 0 Å². The molecule has 2 aliphatic heterocycles. The molecule has 1 aromatic carbocycles. The van der Waals surface area contributed by atoms with Crippen LogP contribution in [-0.2, 0) is 16.1 Å². The van der Waals surface area contributed by atoms with E-state index in [2.05, 4.69) is 35.2 Å². The van der Waals surface area contributed by atoms with Crippen LogP contribution in [0.3, 0.4) is 0 Å². The van der Waals surface area contributed by atoms with Crippen molar-refractivity contribution < 1.29 is 9.53 Å². The molecule has 25 heavy (non-hydrogen) atoms. The molecule has 134 valence electrons. The predicted octanol–water partition coefficient (Wildman–Crippen LogP) is 3.50. The van der Waals surface area contributed by atoms with E-state index in [4.69, 9.17) is 4.74 Å². The standard InChI is InChI=1S/C20H26N2O2S/c1-24-13-12-21-10-4-8-20(19(21)23)9-5-11-22(20)15-17-14-16-6-2-3-7-18(16)25-17/h2-3,6-7,14H,4-5,8-13,15H2,1H3. The average Bonchev–Trinajstić information content (AvgIpc) is 3.21. The number of nitrogens with zero attached hydrogens (tertiary/aromatic N) is 2. The SMILES string of the molecule is COCCN1CCCC2(CCCN2Cc2cc3ccccc3s2)C1=O. The number of piperidine rings is 1. The third-order valence-electron chi connectivity index (χ3n) is 5.72. The second kappa shape index (κ2) is 7.06. The van der Waals surface area contributed by atoms with Crippen molar-refractivity contribution in [2.75, 3.05) is 33.4 Å².